The number of Topliss-reactive ketones (excluding diaryl/α,β-unsaturated/α-hetero) is 1. The Morgan fingerprint density at radius 1 is 1.47 bits per heavy atom. The average molecular weight is 258 g/mol. The van der Waals surface area contributed by atoms with Crippen molar-refractivity contribution in [1.82, 2.24) is 0 Å². The minimum Gasteiger partial charge on any atom is -0.461 e. The molecule has 5 nitrogen and oxygen atoms in total. The molecule has 1 atom stereocenters. The molecule has 2 heterocycles. The van der Waals surface area contributed by atoms with Gasteiger partial charge in [0.25, 0.3) is 0 Å². The zero-order valence-electron chi connectivity index (χ0n) is 9.29. The number of rotatable bonds is 5. The van der Waals surface area contributed by atoms with Crippen LogP contribution in [0.15, 0.2) is 22.8 Å². The van der Waals surface area contributed by atoms with Gasteiger partial charge in [-0.1, -0.05) is 0 Å². The molecule has 1 saturated heterocycles. The summed E-state index contributed by atoms with van der Waals surface area (Å²) in [6, 6.07) is 3.02. The van der Waals surface area contributed by atoms with Crippen molar-refractivity contribution in [2.45, 2.75) is 18.9 Å². The fourth-order valence-electron chi connectivity index (χ4n) is 1.83. The van der Waals surface area contributed by atoms with Gasteiger partial charge in [-0.15, -0.1) is 0 Å². The molecule has 1 fully saturated rings. The minimum atomic E-state index is -3.42. The van der Waals surface area contributed by atoms with Crippen LogP contribution in [0.5, 0.6) is 0 Å². The third-order valence-electron chi connectivity index (χ3n) is 2.61. The summed E-state index contributed by atoms with van der Waals surface area (Å²) in [7, 11) is -3.42. The summed E-state index contributed by atoms with van der Waals surface area (Å²) in [5.74, 6) is -1.02. The Morgan fingerprint density at radius 2 is 2.29 bits per heavy atom. The average Bonchev–Trinajstić information content (AvgIpc) is 2.85. The van der Waals surface area contributed by atoms with Gasteiger partial charge < -0.3 is 9.15 Å². The quantitative estimate of drug-likeness (QED) is 0.738. The first-order valence-electron chi connectivity index (χ1n) is 5.45. The second-order valence-electron chi connectivity index (χ2n) is 4.09. The molecule has 0 radical (unpaired) electrons. The summed E-state index contributed by atoms with van der Waals surface area (Å²) < 4.78 is 33.6. The van der Waals surface area contributed by atoms with Crippen LogP contribution in [-0.4, -0.2) is 38.4 Å². The maximum atomic E-state index is 11.7. The van der Waals surface area contributed by atoms with E-state index in [1.807, 2.05) is 0 Å². The van der Waals surface area contributed by atoms with Gasteiger partial charge in [-0.25, -0.2) is 8.42 Å². The molecule has 1 aliphatic heterocycles. The van der Waals surface area contributed by atoms with Crippen LogP contribution in [0, 0.1) is 0 Å². The van der Waals surface area contributed by atoms with Crippen LogP contribution in [0.25, 0.3) is 0 Å². The van der Waals surface area contributed by atoms with E-state index in [9.17, 15) is 13.2 Å². The zero-order chi connectivity index (χ0) is 12.3. The van der Waals surface area contributed by atoms with Gasteiger partial charge in [0, 0.05) is 6.61 Å². The van der Waals surface area contributed by atoms with Crippen LogP contribution >= 0.6 is 0 Å². The highest BCUT2D eigenvalue weighted by molar-refractivity contribution is 7.92. The zero-order valence-corrected chi connectivity index (χ0v) is 10.1. The first-order chi connectivity index (χ1) is 8.07. The van der Waals surface area contributed by atoms with Gasteiger partial charge in [0.15, 0.2) is 15.6 Å². The lowest BCUT2D eigenvalue weighted by Crippen LogP contribution is -2.26. The van der Waals surface area contributed by atoms with Crippen molar-refractivity contribution in [1.29, 1.82) is 0 Å². The summed E-state index contributed by atoms with van der Waals surface area (Å²) in [5.41, 5.74) is 0. The SMILES string of the molecule is O=C(CS(=O)(=O)CC1CCCO1)c1ccco1. The van der Waals surface area contributed by atoms with Crippen LogP contribution in [0.1, 0.15) is 23.4 Å². The normalized spacial score (nSPS) is 20.6. The number of furan rings is 1. The number of ether oxygens (including phenoxy) is 1. The minimum absolute atomic E-state index is 0.0839. The lowest BCUT2D eigenvalue weighted by Gasteiger charge is -2.08. The van der Waals surface area contributed by atoms with E-state index in [1.54, 1.807) is 6.07 Å². The van der Waals surface area contributed by atoms with Gasteiger partial charge in [0.05, 0.1) is 18.1 Å². The topological polar surface area (TPSA) is 73.6 Å². The fraction of sp³-hybridized carbons (Fsp3) is 0.545. The molecule has 1 aromatic rings. The molecule has 0 aromatic carbocycles. The van der Waals surface area contributed by atoms with Crippen LogP contribution < -0.4 is 0 Å². The Balaban J connectivity index is 1.95. The largest absolute Gasteiger partial charge is 0.461 e. The Hall–Kier alpha value is -1.14. The molecule has 94 valence electrons. The van der Waals surface area contributed by atoms with Crippen molar-refractivity contribution in [3.05, 3.63) is 24.2 Å². The number of hydrogen-bond acceptors (Lipinski definition) is 5. The van der Waals surface area contributed by atoms with E-state index >= 15 is 0 Å². The molecule has 0 amide bonds. The molecule has 17 heavy (non-hydrogen) atoms. The van der Waals surface area contributed by atoms with E-state index in [-0.39, 0.29) is 17.6 Å². The molecule has 2 rings (SSSR count). The fourth-order valence-corrected chi connectivity index (χ4v) is 3.31. The van der Waals surface area contributed by atoms with Crippen LogP contribution in [0.4, 0.5) is 0 Å². The standard InChI is InChI=1S/C11H14O5S/c12-10(11-4-2-6-16-11)8-17(13,14)7-9-3-1-5-15-9/h2,4,6,9H,1,3,5,7-8H2. The Labute approximate surface area is 99.7 Å². The number of ketones is 1. The first-order valence-corrected chi connectivity index (χ1v) is 7.28. The summed E-state index contributed by atoms with van der Waals surface area (Å²) in [6.07, 6.45) is 2.71. The van der Waals surface area contributed by atoms with E-state index in [4.69, 9.17) is 9.15 Å². The highest BCUT2D eigenvalue weighted by Crippen LogP contribution is 2.15. The van der Waals surface area contributed by atoms with Gasteiger partial charge in [-0.3, -0.25) is 4.79 Å². The second-order valence-corrected chi connectivity index (χ2v) is 6.20. The lowest BCUT2D eigenvalue weighted by molar-refractivity contribution is 0.0989. The molecule has 1 aliphatic rings. The molecule has 6 heteroatoms. The van der Waals surface area contributed by atoms with Crippen molar-refractivity contribution in [2.75, 3.05) is 18.1 Å². The molecule has 0 bridgehead atoms. The van der Waals surface area contributed by atoms with Crippen molar-refractivity contribution in [2.24, 2.45) is 0 Å². The van der Waals surface area contributed by atoms with Gasteiger partial charge in [0.2, 0.25) is 5.78 Å². The van der Waals surface area contributed by atoms with E-state index in [0.717, 1.165) is 12.8 Å². The molecule has 1 aromatic heterocycles. The number of hydrogen-bond donors (Lipinski definition) is 0. The highest BCUT2D eigenvalue weighted by Gasteiger charge is 2.26. The molecular formula is C11H14O5S. The molecular weight excluding hydrogens is 244 g/mol. The van der Waals surface area contributed by atoms with Crippen molar-refractivity contribution in [3.8, 4) is 0 Å². The number of sulfone groups is 1. The predicted octanol–water partition coefficient (Wildman–Crippen LogP) is 1.06. The maximum Gasteiger partial charge on any atom is 0.212 e. The van der Waals surface area contributed by atoms with Gasteiger partial charge in [0.1, 0.15) is 5.75 Å². The van der Waals surface area contributed by atoms with E-state index in [2.05, 4.69) is 0 Å². The van der Waals surface area contributed by atoms with E-state index < -0.39 is 21.4 Å². The van der Waals surface area contributed by atoms with Crippen molar-refractivity contribution in [3.63, 3.8) is 0 Å². The Bertz CT molecular complexity index is 468. The smallest absolute Gasteiger partial charge is 0.212 e. The highest BCUT2D eigenvalue weighted by atomic mass is 32.2. The third kappa shape index (κ3) is 3.41. The Morgan fingerprint density at radius 3 is 2.88 bits per heavy atom. The van der Waals surface area contributed by atoms with E-state index in [1.165, 1.54) is 12.3 Å². The number of carbonyl (C=O) groups excluding carboxylic acids is 1. The maximum absolute atomic E-state index is 11.7. The third-order valence-corrected chi connectivity index (χ3v) is 4.19. The first kappa shape index (κ1) is 12.3. The Kier molecular flexibility index (Phi) is 3.63. The molecule has 0 saturated carbocycles. The van der Waals surface area contributed by atoms with Gasteiger partial charge >= 0.3 is 0 Å². The van der Waals surface area contributed by atoms with E-state index in [0.29, 0.717) is 6.61 Å². The summed E-state index contributed by atoms with van der Waals surface area (Å²) in [5, 5.41) is 0. The summed E-state index contributed by atoms with van der Waals surface area (Å²) >= 11 is 0. The number of carbonyl (C=O) groups is 1. The van der Waals surface area contributed by atoms with Gasteiger partial charge in [-0.05, 0) is 25.0 Å². The lowest BCUT2D eigenvalue weighted by atomic mass is 10.3. The molecule has 0 aliphatic carbocycles. The second kappa shape index (κ2) is 5.01. The van der Waals surface area contributed by atoms with Crippen LogP contribution in [0.3, 0.4) is 0 Å². The summed E-state index contributed by atoms with van der Waals surface area (Å²) in [6.45, 7) is 0.603. The molecule has 1 unspecified atom stereocenters. The monoisotopic (exact) mass is 258 g/mol. The molecule has 0 N–H and O–H groups in total. The van der Waals surface area contributed by atoms with Crippen molar-refractivity contribution < 1.29 is 22.4 Å². The summed E-state index contributed by atoms with van der Waals surface area (Å²) in [4.78, 5) is 11.6. The van der Waals surface area contributed by atoms with Gasteiger partial charge in [-0.2, -0.15) is 0 Å². The molecule has 0 spiro atoms. The predicted molar refractivity (Wildman–Crippen MR) is 60.7 cm³/mol. The van der Waals surface area contributed by atoms with Crippen molar-refractivity contribution >= 4 is 15.6 Å². The van der Waals surface area contributed by atoms with Crippen LogP contribution in [-0.2, 0) is 14.6 Å². The van der Waals surface area contributed by atoms with Crippen LogP contribution in [0.2, 0.25) is 0 Å².